The van der Waals surface area contributed by atoms with Gasteiger partial charge in [-0.3, -0.25) is 9.69 Å². The number of nitriles is 1. The second kappa shape index (κ2) is 9.94. The third-order valence-corrected chi connectivity index (χ3v) is 5.84. The summed E-state index contributed by atoms with van der Waals surface area (Å²) in [5.74, 6) is 1.12. The maximum Gasteiger partial charge on any atom is 0.236 e. The molecule has 1 atom stereocenters. The second-order valence-electron chi connectivity index (χ2n) is 8.16. The molecule has 0 aliphatic carbocycles. The molecule has 0 radical (unpaired) electrons. The van der Waals surface area contributed by atoms with Crippen molar-refractivity contribution in [3.8, 4) is 6.07 Å². The van der Waals surface area contributed by atoms with Crippen molar-refractivity contribution in [1.82, 2.24) is 14.8 Å². The fraction of sp³-hybridized carbons (Fsp3) is 0.522. The lowest BCUT2D eigenvalue weighted by molar-refractivity contribution is -0.133. The van der Waals surface area contributed by atoms with Crippen molar-refractivity contribution in [3.05, 3.63) is 47.5 Å². The Morgan fingerprint density at radius 3 is 2.71 bits per heavy atom. The highest BCUT2D eigenvalue weighted by molar-refractivity contribution is 5.78. The molecule has 164 valence electrons. The number of aromatic nitrogens is 1. The number of benzene rings is 1. The van der Waals surface area contributed by atoms with E-state index in [4.69, 9.17) is 9.15 Å². The first-order valence-electron chi connectivity index (χ1n) is 10.9. The number of rotatable bonds is 7. The lowest BCUT2D eigenvalue weighted by Crippen LogP contribution is -2.51. The summed E-state index contributed by atoms with van der Waals surface area (Å²) < 4.78 is 11.4. The number of anilines is 1. The minimum absolute atomic E-state index is 0.128. The number of ether oxygens (including phenoxy) is 1. The van der Waals surface area contributed by atoms with Gasteiger partial charge in [0.2, 0.25) is 17.5 Å². The van der Waals surface area contributed by atoms with Crippen LogP contribution in [0.15, 0.2) is 34.7 Å². The third kappa shape index (κ3) is 5.43. The van der Waals surface area contributed by atoms with Crippen LogP contribution < -0.4 is 4.90 Å². The van der Waals surface area contributed by atoms with E-state index in [0.717, 1.165) is 32.5 Å². The first kappa shape index (κ1) is 21.3. The van der Waals surface area contributed by atoms with E-state index in [1.165, 1.54) is 5.56 Å². The Kier molecular flexibility index (Phi) is 6.85. The quantitative estimate of drug-likeness (QED) is 0.675. The van der Waals surface area contributed by atoms with Crippen LogP contribution >= 0.6 is 0 Å². The monoisotopic (exact) mass is 423 g/mol. The first-order chi connectivity index (χ1) is 15.1. The van der Waals surface area contributed by atoms with Gasteiger partial charge in [0.25, 0.3) is 0 Å². The van der Waals surface area contributed by atoms with Gasteiger partial charge in [-0.05, 0) is 18.4 Å². The van der Waals surface area contributed by atoms with Gasteiger partial charge in [0, 0.05) is 52.8 Å². The number of hydrogen-bond donors (Lipinski definition) is 0. The van der Waals surface area contributed by atoms with Crippen molar-refractivity contribution < 1.29 is 13.9 Å². The van der Waals surface area contributed by atoms with Crippen LogP contribution in [0.1, 0.15) is 30.0 Å². The molecule has 2 saturated heterocycles. The van der Waals surface area contributed by atoms with Crippen molar-refractivity contribution in [2.75, 3.05) is 50.8 Å². The van der Waals surface area contributed by atoms with E-state index in [-0.39, 0.29) is 12.0 Å². The van der Waals surface area contributed by atoms with E-state index in [9.17, 15) is 10.1 Å². The van der Waals surface area contributed by atoms with Gasteiger partial charge < -0.3 is 19.0 Å². The van der Waals surface area contributed by atoms with Crippen LogP contribution in [0.4, 0.5) is 5.88 Å². The molecule has 0 N–H and O–H groups in total. The number of carbonyl (C=O) groups is 1. The molecular formula is C23H29N5O3. The lowest BCUT2D eigenvalue weighted by atomic mass is 10.1. The SMILES string of the molecule is Cc1nc(C#N)c(N2CCN(C(=O)CN(Cc3ccccc3)CC3CCCO3)CC2)o1. The molecule has 1 aromatic heterocycles. The predicted octanol–water partition coefficient (Wildman–Crippen LogP) is 2.18. The Balaban J connectivity index is 1.35. The smallest absolute Gasteiger partial charge is 0.236 e. The summed E-state index contributed by atoms with van der Waals surface area (Å²) in [5.41, 5.74) is 1.51. The van der Waals surface area contributed by atoms with Gasteiger partial charge >= 0.3 is 0 Å². The van der Waals surface area contributed by atoms with Gasteiger partial charge in [-0.2, -0.15) is 5.26 Å². The second-order valence-corrected chi connectivity index (χ2v) is 8.16. The Hall–Kier alpha value is -2.89. The molecule has 0 spiro atoms. The summed E-state index contributed by atoms with van der Waals surface area (Å²) in [5, 5.41) is 9.26. The van der Waals surface area contributed by atoms with Crippen LogP contribution in [0.5, 0.6) is 0 Å². The third-order valence-electron chi connectivity index (χ3n) is 5.84. The van der Waals surface area contributed by atoms with E-state index in [2.05, 4.69) is 28.1 Å². The fourth-order valence-electron chi connectivity index (χ4n) is 4.26. The van der Waals surface area contributed by atoms with E-state index in [1.54, 1.807) is 6.92 Å². The maximum absolute atomic E-state index is 13.1. The van der Waals surface area contributed by atoms with Crippen molar-refractivity contribution in [3.63, 3.8) is 0 Å². The molecule has 1 amide bonds. The van der Waals surface area contributed by atoms with Crippen molar-refractivity contribution >= 4 is 11.8 Å². The van der Waals surface area contributed by atoms with Crippen LogP contribution in [0, 0.1) is 18.3 Å². The fourth-order valence-corrected chi connectivity index (χ4v) is 4.26. The average molecular weight is 424 g/mol. The maximum atomic E-state index is 13.1. The largest absolute Gasteiger partial charge is 0.424 e. The van der Waals surface area contributed by atoms with Gasteiger partial charge in [0.05, 0.1) is 12.6 Å². The minimum atomic E-state index is 0.128. The summed E-state index contributed by atoms with van der Waals surface area (Å²) in [4.78, 5) is 23.3. The van der Waals surface area contributed by atoms with Gasteiger partial charge in [-0.15, -0.1) is 0 Å². The van der Waals surface area contributed by atoms with Gasteiger partial charge in [-0.25, -0.2) is 4.98 Å². The molecule has 2 aliphatic rings. The zero-order valence-electron chi connectivity index (χ0n) is 18.0. The Morgan fingerprint density at radius 1 is 1.26 bits per heavy atom. The highest BCUT2D eigenvalue weighted by atomic mass is 16.5. The number of carbonyl (C=O) groups excluding carboxylic acids is 1. The zero-order valence-corrected chi connectivity index (χ0v) is 18.0. The van der Waals surface area contributed by atoms with Crippen LogP contribution in [-0.4, -0.2) is 72.7 Å². The van der Waals surface area contributed by atoms with Gasteiger partial charge in [0.15, 0.2) is 5.89 Å². The standard InChI is InChI=1S/C23H29N5O3/c1-18-25-21(14-24)23(31-18)28-11-9-27(10-12-28)22(29)17-26(16-20-8-5-13-30-20)15-19-6-3-2-4-7-19/h2-4,6-7,20H,5,8-13,15-17H2,1H3. The molecule has 2 fully saturated rings. The molecular weight excluding hydrogens is 394 g/mol. The molecule has 3 heterocycles. The van der Waals surface area contributed by atoms with Crippen molar-refractivity contribution in [1.29, 1.82) is 5.26 Å². The first-order valence-corrected chi connectivity index (χ1v) is 10.9. The molecule has 0 saturated carbocycles. The summed E-state index contributed by atoms with van der Waals surface area (Å²) in [7, 11) is 0. The summed E-state index contributed by atoms with van der Waals surface area (Å²) in [6.07, 6.45) is 2.34. The summed E-state index contributed by atoms with van der Waals surface area (Å²) in [6, 6.07) is 12.3. The topological polar surface area (TPSA) is 85.8 Å². The molecule has 1 aromatic carbocycles. The van der Waals surface area contributed by atoms with E-state index < -0.39 is 0 Å². The number of aryl methyl sites for hydroxylation is 1. The molecule has 8 nitrogen and oxygen atoms in total. The van der Waals surface area contributed by atoms with Crippen LogP contribution in [-0.2, 0) is 16.1 Å². The Labute approximate surface area is 183 Å². The van der Waals surface area contributed by atoms with Crippen LogP contribution in [0.25, 0.3) is 0 Å². The molecule has 1 unspecified atom stereocenters. The number of amides is 1. The number of hydrogen-bond acceptors (Lipinski definition) is 7. The molecule has 8 heteroatoms. The normalized spacial score (nSPS) is 19.1. The summed E-state index contributed by atoms with van der Waals surface area (Å²) in [6.45, 7) is 6.87. The van der Waals surface area contributed by atoms with Gasteiger partial charge in [-0.1, -0.05) is 30.3 Å². The van der Waals surface area contributed by atoms with E-state index in [1.807, 2.05) is 28.0 Å². The van der Waals surface area contributed by atoms with E-state index >= 15 is 0 Å². The minimum Gasteiger partial charge on any atom is -0.424 e. The van der Waals surface area contributed by atoms with Crippen LogP contribution in [0.3, 0.4) is 0 Å². The van der Waals surface area contributed by atoms with Crippen LogP contribution in [0.2, 0.25) is 0 Å². The molecule has 2 aliphatic heterocycles. The highest BCUT2D eigenvalue weighted by Crippen LogP contribution is 2.23. The Morgan fingerprint density at radius 2 is 2.03 bits per heavy atom. The van der Waals surface area contributed by atoms with Crippen molar-refractivity contribution in [2.45, 2.75) is 32.4 Å². The predicted molar refractivity (Wildman–Crippen MR) is 115 cm³/mol. The van der Waals surface area contributed by atoms with E-state index in [0.29, 0.717) is 50.2 Å². The number of nitrogens with zero attached hydrogens (tertiary/aromatic N) is 5. The molecule has 0 bridgehead atoms. The molecule has 4 rings (SSSR count). The van der Waals surface area contributed by atoms with Crippen molar-refractivity contribution in [2.24, 2.45) is 0 Å². The van der Waals surface area contributed by atoms with Gasteiger partial charge in [0.1, 0.15) is 6.07 Å². The zero-order chi connectivity index (χ0) is 21.6. The summed E-state index contributed by atoms with van der Waals surface area (Å²) >= 11 is 0. The molecule has 2 aromatic rings. The highest BCUT2D eigenvalue weighted by Gasteiger charge is 2.28. The number of oxazole rings is 1. The molecule has 31 heavy (non-hydrogen) atoms. The Bertz CT molecular complexity index is 909. The lowest BCUT2D eigenvalue weighted by Gasteiger charge is -2.36. The number of piperazine rings is 1. The average Bonchev–Trinajstić information content (AvgIpc) is 3.43.